The summed E-state index contributed by atoms with van der Waals surface area (Å²) in [4.78, 5) is 12.1. The Morgan fingerprint density at radius 3 is 2.40 bits per heavy atom. The van der Waals surface area contributed by atoms with E-state index in [4.69, 9.17) is 17.2 Å². The molecular weight excluding hydrogens is 232 g/mol. The molecular formula is C7H8N6S2. The zero-order valence-corrected chi connectivity index (χ0v) is 9.18. The van der Waals surface area contributed by atoms with Gasteiger partial charge in [0.1, 0.15) is 11.4 Å². The molecule has 2 aromatic rings. The van der Waals surface area contributed by atoms with Crippen LogP contribution < -0.4 is 17.2 Å². The van der Waals surface area contributed by atoms with Crippen LogP contribution in [0, 0.1) is 0 Å². The standard InChI is InChI=1S/C7H8N6S2/c8-5(9)13-7-12-4(2-15-7)3-1-14-6(10)11-3/h1-2H,(H2,10,11)(H4,8,9,12,13). The van der Waals surface area contributed by atoms with Crippen LogP contribution in [0.5, 0.6) is 0 Å². The van der Waals surface area contributed by atoms with E-state index in [-0.39, 0.29) is 5.96 Å². The summed E-state index contributed by atoms with van der Waals surface area (Å²) in [6, 6.07) is 0. The van der Waals surface area contributed by atoms with Crippen molar-refractivity contribution < 1.29 is 0 Å². The molecule has 8 heteroatoms. The van der Waals surface area contributed by atoms with Crippen molar-refractivity contribution in [2.75, 3.05) is 5.73 Å². The molecule has 0 aromatic carbocycles. The monoisotopic (exact) mass is 240 g/mol. The van der Waals surface area contributed by atoms with Crippen LogP contribution in [0.25, 0.3) is 11.4 Å². The highest BCUT2D eigenvalue weighted by Crippen LogP contribution is 2.27. The van der Waals surface area contributed by atoms with Crippen LogP contribution in [0.15, 0.2) is 15.8 Å². The maximum Gasteiger partial charge on any atom is 0.212 e. The van der Waals surface area contributed by atoms with Gasteiger partial charge in [0, 0.05) is 10.8 Å². The van der Waals surface area contributed by atoms with E-state index in [2.05, 4.69) is 15.0 Å². The van der Waals surface area contributed by atoms with Gasteiger partial charge < -0.3 is 17.2 Å². The zero-order valence-electron chi connectivity index (χ0n) is 7.54. The number of hydrogen-bond donors (Lipinski definition) is 3. The van der Waals surface area contributed by atoms with Crippen LogP contribution in [-0.4, -0.2) is 15.9 Å². The van der Waals surface area contributed by atoms with Crippen LogP contribution in [0.2, 0.25) is 0 Å². The third-order valence-electron chi connectivity index (χ3n) is 1.50. The van der Waals surface area contributed by atoms with Crippen molar-refractivity contribution in [1.82, 2.24) is 9.97 Å². The quantitative estimate of drug-likeness (QED) is 0.529. The number of aromatic nitrogens is 2. The fraction of sp³-hybridized carbons (Fsp3) is 0. The molecule has 2 aromatic heterocycles. The molecule has 2 heterocycles. The van der Waals surface area contributed by atoms with E-state index >= 15 is 0 Å². The fourth-order valence-corrected chi connectivity index (χ4v) is 2.21. The van der Waals surface area contributed by atoms with Gasteiger partial charge in [-0.05, 0) is 0 Å². The number of anilines is 1. The number of nitrogens with two attached hydrogens (primary N) is 3. The van der Waals surface area contributed by atoms with E-state index in [1.807, 2.05) is 10.8 Å². The average molecular weight is 240 g/mol. The first-order valence-electron chi connectivity index (χ1n) is 3.91. The highest BCUT2D eigenvalue weighted by molar-refractivity contribution is 7.14. The summed E-state index contributed by atoms with van der Waals surface area (Å²) >= 11 is 2.72. The molecule has 0 aliphatic heterocycles. The maximum absolute atomic E-state index is 5.52. The van der Waals surface area contributed by atoms with Crippen LogP contribution in [-0.2, 0) is 0 Å². The molecule has 78 valence electrons. The van der Waals surface area contributed by atoms with Crippen molar-refractivity contribution in [3.05, 3.63) is 10.8 Å². The van der Waals surface area contributed by atoms with Crippen molar-refractivity contribution >= 4 is 38.9 Å². The molecule has 0 unspecified atom stereocenters. The second-order valence-electron chi connectivity index (χ2n) is 2.62. The molecule has 0 aliphatic rings. The second kappa shape index (κ2) is 3.83. The maximum atomic E-state index is 5.52. The number of thiazole rings is 2. The van der Waals surface area contributed by atoms with E-state index < -0.39 is 0 Å². The van der Waals surface area contributed by atoms with E-state index in [1.165, 1.54) is 22.7 Å². The zero-order chi connectivity index (χ0) is 10.8. The molecule has 0 spiro atoms. The fourth-order valence-electron chi connectivity index (χ4n) is 0.949. The number of nitrogens with zero attached hydrogens (tertiary/aromatic N) is 3. The van der Waals surface area contributed by atoms with Crippen LogP contribution in [0.3, 0.4) is 0 Å². The molecule has 0 aliphatic carbocycles. The van der Waals surface area contributed by atoms with Crippen molar-refractivity contribution in [3.8, 4) is 11.4 Å². The summed E-state index contributed by atoms with van der Waals surface area (Å²) in [6.07, 6.45) is 0. The summed E-state index contributed by atoms with van der Waals surface area (Å²) < 4.78 is 0. The minimum Gasteiger partial charge on any atom is -0.375 e. The molecule has 0 fully saturated rings. The topological polar surface area (TPSA) is 116 Å². The van der Waals surface area contributed by atoms with Gasteiger partial charge in [0.2, 0.25) is 5.13 Å². The Hall–Kier alpha value is -1.67. The van der Waals surface area contributed by atoms with Crippen LogP contribution in [0.1, 0.15) is 0 Å². The minimum absolute atomic E-state index is 0.00584. The lowest BCUT2D eigenvalue weighted by Crippen LogP contribution is -2.21. The van der Waals surface area contributed by atoms with E-state index in [0.29, 0.717) is 10.3 Å². The van der Waals surface area contributed by atoms with Gasteiger partial charge in [0.25, 0.3) is 0 Å². The molecule has 0 amide bonds. The van der Waals surface area contributed by atoms with Crippen LogP contribution >= 0.6 is 22.7 Å². The molecule has 15 heavy (non-hydrogen) atoms. The normalized spacial score (nSPS) is 10.1. The summed E-state index contributed by atoms with van der Waals surface area (Å²) in [5.41, 5.74) is 17.5. The van der Waals surface area contributed by atoms with Crippen LogP contribution in [0.4, 0.5) is 10.3 Å². The second-order valence-corrected chi connectivity index (χ2v) is 4.35. The highest BCUT2D eigenvalue weighted by atomic mass is 32.1. The third kappa shape index (κ3) is 2.22. The van der Waals surface area contributed by atoms with E-state index in [1.54, 1.807) is 0 Å². The average Bonchev–Trinajstić information content (AvgIpc) is 2.72. The van der Waals surface area contributed by atoms with E-state index in [9.17, 15) is 0 Å². The third-order valence-corrected chi connectivity index (χ3v) is 2.91. The van der Waals surface area contributed by atoms with Crippen molar-refractivity contribution in [2.45, 2.75) is 0 Å². The van der Waals surface area contributed by atoms with Gasteiger partial charge in [-0.15, -0.1) is 22.7 Å². The van der Waals surface area contributed by atoms with Gasteiger partial charge in [-0.3, -0.25) is 0 Å². The Labute approximate surface area is 93.5 Å². The molecule has 6 N–H and O–H groups in total. The van der Waals surface area contributed by atoms with Gasteiger partial charge >= 0.3 is 0 Å². The van der Waals surface area contributed by atoms with Gasteiger partial charge in [0.15, 0.2) is 11.1 Å². The number of aliphatic imine (C=N–C) groups is 1. The number of guanidine groups is 1. The predicted octanol–water partition coefficient (Wildman–Crippen LogP) is 0.754. The first-order chi connectivity index (χ1) is 7.15. The van der Waals surface area contributed by atoms with Gasteiger partial charge in [-0.2, -0.15) is 4.99 Å². The smallest absolute Gasteiger partial charge is 0.212 e. The molecule has 0 saturated heterocycles. The van der Waals surface area contributed by atoms with Gasteiger partial charge in [-0.25, -0.2) is 9.97 Å². The lowest BCUT2D eigenvalue weighted by molar-refractivity contribution is 1.30. The summed E-state index contributed by atoms with van der Waals surface area (Å²) in [5, 5.41) is 4.69. The van der Waals surface area contributed by atoms with Crippen molar-refractivity contribution in [2.24, 2.45) is 16.5 Å². The summed E-state index contributed by atoms with van der Waals surface area (Å²) in [5.74, 6) is -0.00584. The first-order valence-corrected chi connectivity index (χ1v) is 5.67. The lowest BCUT2D eigenvalue weighted by atomic mass is 10.4. The Kier molecular flexibility index (Phi) is 2.52. The minimum atomic E-state index is -0.00584. The largest absolute Gasteiger partial charge is 0.375 e. The molecule has 0 saturated carbocycles. The molecule has 0 atom stereocenters. The first kappa shape index (κ1) is 9.87. The van der Waals surface area contributed by atoms with E-state index in [0.717, 1.165) is 11.4 Å². The Morgan fingerprint density at radius 1 is 1.13 bits per heavy atom. The number of nitrogen functional groups attached to an aromatic ring is 1. The molecule has 2 rings (SSSR count). The number of rotatable bonds is 2. The van der Waals surface area contributed by atoms with Crippen molar-refractivity contribution in [1.29, 1.82) is 0 Å². The highest BCUT2D eigenvalue weighted by Gasteiger charge is 2.07. The van der Waals surface area contributed by atoms with Gasteiger partial charge in [0.05, 0.1) is 0 Å². The molecule has 6 nitrogen and oxygen atoms in total. The number of hydrogen-bond acceptors (Lipinski definition) is 6. The predicted molar refractivity (Wildman–Crippen MR) is 63.1 cm³/mol. The Bertz CT molecular complexity index is 495. The summed E-state index contributed by atoms with van der Waals surface area (Å²) in [7, 11) is 0. The lowest BCUT2D eigenvalue weighted by Gasteiger charge is -1.87. The Morgan fingerprint density at radius 2 is 1.80 bits per heavy atom. The Balaban J connectivity index is 2.31. The SMILES string of the molecule is NC(N)=Nc1nc(-c2csc(N)n2)cs1. The van der Waals surface area contributed by atoms with Gasteiger partial charge in [-0.1, -0.05) is 0 Å². The molecule has 0 bridgehead atoms. The summed E-state index contributed by atoms with van der Waals surface area (Å²) in [6.45, 7) is 0. The molecule has 0 radical (unpaired) electrons. The van der Waals surface area contributed by atoms with Crippen molar-refractivity contribution in [3.63, 3.8) is 0 Å².